The summed E-state index contributed by atoms with van der Waals surface area (Å²) in [4.78, 5) is 22.8. The Morgan fingerprint density at radius 1 is 1.00 bits per heavy atom. The summed E-state index contributed by atoms with van der Waals surface area (Å²) in [7, 11) is -3.93. The summed E-state index contributed by atoms with van der Waals surface area (Å²) in [6.07, 6.45) is 0.825. The molecule has 29 heavy (non-hydrogen) atoms. The van der Waals surface area contributed by atoms with Gasteiger partial charge in [-0.15, -0.1) is 6.58 Å². The first kappa shape index (κ1) is 20.3. The van der Waals surface area contributed by atoms with Crippen molar-refractivity contribution in [3.05, 3.63) is 84.9 Å². The summed E-state index contributed by atoms with van der Waals surface area (Å²) in [5.74, 6) is -1.48. The molecule has 3 aromatic rings. The highest BCUT2D eigenvalue weighted by molar-refractivity contribution is 7.92. The average Bonchev–Trinajstić information content (AvgIpc) is 2.68. The van der Waals surface area contributed by atoms with Gasteiger partial charge in [-0.1, -0.05) is 54.6 Å². The summed E-state index contributed by atoms with van der Waals surface area (Å²) in [5, 5.41) is 3.35. The number of amides is 2. The van der Waals surface area contributed by atoms with Gasteiger partial charge in [0.05, 0.1) is 10.6 Å². The molecule has 3 N–H and O–H groups in total. The third-order valence-electron chi connectivity index (χ3n) is 4.45. The molecule has 0 spiro atoms. The Kier molecular flexibility index (Phi) is 5.79. The number of primary amides is 1. The molecule has 3 rings (SSSR count). The van der Waals surface area contributed by atoms with Gasteiger partial charge in [-0.2, -0.15) is 0 Å². The van der Waals surface area contributed by atoms with Crippen molar-refractivity contribution in [1.82, 2.24) is 0 Å². The average molecular weight is 408 g/mol. The zero-order chi connectivity index (χ0) is 21.0. The third-order valence-corrected chi connectivity index (χ3v) is 6.56. The molecule has 0 saturated heterocycles. The van der Waals surface area contributed by atoms with Crippen LogP contribution in [0.3, 0.4) is 0 Å². The van der Waals surface area contributed by atoms with E-state index in [4.69, 9.17) is 5.73 Å². The molecule has 0 saturated carbocycles. The number of hydrogen-bond donors (Lipinski definition) is 2. The highest BCUT2D eigenvalue weighted by Crippen LogP contribution is 2.35. The van der Waals surface area contributed by atoms with Crippen LogP contribution < -0.4 is 11.1 Å². The van der Waals surface area contributed by atoms with E-state index in [1.165, 1.54) is 18.2 Å². The molecule has 1 atom stereocenters. The summed E-state index contributed by atoms with van der Waals surface area (Å²) >= 11 is 0. The van der Waals surface area contributed by atoms with E-state index in [-0.39, 0.29) is 10.6 Å². The number of rotatable bonds is 7. The van der Waals surface area contributed by atoms with Crippen molar-refractivity contribution in [2.24, 2.45) is 5.73 Å². The first-order valence-electron chi connectivity index (χ1n) is 8.85. The molecule has 0 bridgehead atoms. The third kappa shape index (κ3) is 4.35. The van der Waals surface area contributed by atoms with Crippen LogP contribution in [-0.2, 0) is 19.4 Å². The molecule has 0 aliphatic rings. The number of benzene rings is 3. The van der Waals surface area contributed by atoms with E-state index in [9.17, 15) is 18.0 Å². The van der Waals surface area contributed by atoms with Crippen LogP contribution in [0.25, 0.3) is 10.8 Å². The fourth-order valence-electron chi connectivity index (χ4n) is 3.13. The zero-order valence-corrected chi connectivity index (χ0v) is 16.4. The number of para-hydroxylation sites is 1. The summed E-state index contributed by atoms with van der Waals surface area (Å²) in [6, 6.07) is 19.1. The predicted octanol–water partition coefficient (Wildman–Crippen LogP) is 3.35. The van der Waals surface area contributed by atoms with Crippen LogP contribution in [0, 0.1) is 0 Å². The van der Waals surface area contributed by atoms with Crippen LogP contribution in [-0.4, -0.2) is 20.2 Å². The lowest BCUT2D eigenvalue weighted by Gasteiger charge is -2.18. The van der Waals surface area contributed by atoms with Crippen LogP contribution in [0.15, 0.2) is 84.3 Å². The Balaban J connectivity index is 2.03. The second-order valence-electron chi connectivity index (χ2n) is 6.50. The van der Waals surface area contributed by atoms with Crippen molar-refractivity contribution in [2.75, 3.05) is 5.32 Å². The minimum absolute atomic E-state index is 0.0594. The van der Waals surface area contributed by atoms with Crippen molar-refractivity contribution in [3.63, 3.8) is 0 Å². The molecule has 0 aliphatic carbocycles. The first-order valence-corrected chi connectivity index (χ1v) is 10.4. The Morgan fingerprint density at radius 2 is 1.66 bits per heavy atom. The molecule has 0 aliphatic heterocycles. The van der Waals surface area contributed by atoms with E-state index in [2.05, 4.69) is 11.9 Å². The maximum absolute atomic E-state index is 13.4. The second kappa shape index (κ2) is 8.28. The summed E-state index contributed by atoms with van der Waals surface area (Å²) < 4.78 is 26.8. The number of nitrogens with two attached hydrogens (primary N) is 1. The maximum Gasteiger partial charge on any atom is 0.233 e. The summed E-state index contributed by atoms with van der Waals surface area (Å²) in [5.41, 5.74) is 5.69. The zero-order valence-electron chi connectivity index (χ0n) is 15.5. The summed E-state index contributed by atoms with van der Waals surface area (Å²) in [6.45, 7) is 3.71. The largest absolute Gasteiger partial charge is 0.369 e. The van der Waals surface area contributed by atoms with Crippen LogP contribution in [0.2, 0.25) is 0 Å². The fraction of sp³-hybridized carbons (Fsp3) is 0.0909. The number of fused-ring (bicyclic) bond motifs is 1. The lowest BCUT2D eigenvalue weighted by molar-refractivity contribution is -0.124. The monoisotopic (exact) mass is 408 g/mol. The number of hydrogen-bond acceptors (Lipinski definition) is 4. The van der Waals surface area contributed by atoms with Crippen molar-refractivity contribution < 1.29 is 18.0 Å². The molecular weight excluding hydrogens is 388 g/mol. The molecule has 2 amide bonds. The van der Waals surface area contributed by atoms with E-state index in [0.29, 0.717) is 5.56 Å². The normalized spacial score (nSPS) is 12.3. The Labute approximate surface area is 169 Å². The van der Waals surface area contributed by atoms with E-state index in [1.807, 2.05) is 36.4 Å². The number of sulfone groups is 1. The van der Waals surface area contributed by atoms with Crippen LogP contribution in [0.4, 0.5) is 5.69 Å². The molecule has 6 nitrogen and oxygen atoms in total. The fourth-order valence-corrected chi connectivity index (χ4v) is 4.86. The lowest BCUT2D eigenvalue weighted by Crippen LogP contribution is -2.23. The Bertz CT molecular complexity index is 1200. The van der Waals surface area contributed by atoms with Gasteiger partial charge in [0, 0.05) is 0 Å². The number of carbonyl (C=O) groups excluding carboxylic acids is 2. The van der Waals surface area contributed by atoms with Crippen molar-refractivity contribution >= 4 is 38.1 Å². The van der Waals surface area contributed by atoms with Crippen LogP contribution in [0.5, 0.6) is 0 Å². The van der Waals surface area contributed by atoms with E-state index < -0.39 is 33.3 Å². The maximum atomic E-state index is 13.4. The Morgan fingerprint density at radius 3 is 2.34 bits per heavy atom. The Hall–Kier alpha value is -3.45. The van der Waals surface area contributed by atoms with Crippen molar-refractivity contribution in [1.29, 1.82) is 0 Å². The number of carbonyl (C=O) groups is 2. The highest BCUT2D eigenvalue weighted by atomic mass is 32.2. The first-order chi connectivity index (χ1) is 13.8. The SMILES string of the molecule is C=CC(c1ccc2ccccc2c1)S(=O)(=O)c1ccccc1NC(=O)CC(N)=O. The van der Waals surface area contributed by atoms with Crippen molar-refractivity contribution in [3.8, 4) is 0 Å². The van der Waals surface area contributed by atoms with E-state index in [1.54, 1.807) is 18.2 Å². The van der Waals surface area contributed by atoms with E-state index in [0.717, 1.165) is 10.8 Å². The number of anilines is 1. The molecule has 7 heteroatoms. The molecule has 0 heterocycles. The molecule has 148 valence electrons. The van der Waals surface area contributed by atoms with Gasteiger partial charge in [-0.25, -0.2) is 8.42 Å². The molecule has 0 radical (unpaired) electrons. The predicted molar refractivity (Wildman–Crippen MR) is 113 cm³/mol. The molecule has 0 aromatic heterocycles. The molecule has 1 unspecified atom stereocenters. The minimum Gasteiger partial charge on any atom is -0.369 e. The smallest absolute Gasteiger partial charge is 0.233 e. The van der Waals surface area contributed by atoms with Gasteiger partial charge in [-0.05, 0) is 34.5 Å². The lowest BCUT2D eigenvalue weighted by atomic mass is 10.1. The van der Waals surface area contributed by atoms with Crippen molar-refractivity contribution in [2.45, 2.75) is 16.6 Å². The van der Waals surface area contributed by atoms with Gasteiger partial charge in [0.1, 0.15) is 11.7 Å². The van der Waals surface area contributed by atoms with Crippen LogP contribution in [0.1, 0.15) is 17.2 Å². The second-order valence-corrected chi connectivity index (χ2v) is 8.53. The van der Waals surface area contributed by atoms with Gasteiger partial charge < -0.3 is 11.1 Å². The van der Waals surface area contributed by atoms with Crippen LogP contribution >= 0.6 is 0 Å². The van der Waals surface area contributed by atoms with E-state index >= 15 is 0 Å². The molecular formula is C22H20N2O4S. The standard InChI is InChI=1S/C22H20N2O4S/c1-2-19(17-12-11-15-7-3-4-8-16(15)13-17)29(27,28)20-10-6-5-9-18(20)24-22(26)14-21(23)25/h2-13,19H,1,14H2,(H2,23,25)(H,24,26). The highest BCUT2D eigenvalue weighted by Gasteiger charge is 2.29. The quantitative estimate of drug-likeness (QED) is 0.462. The molecule has 3 aromatic carbocycles. The van der Waals surface area contributed by atoms with Gasteiger partial charge in [0.2, 0.25) is 11.8 Å². The van der Waals surface area contributed by atoms with Gasteiger partial charge >= 0.3 is 0 Å². The number of nitrogens with one attached hydrogen (secondary N) is 1. The van der Waals surface area contributed by atoms with Gasteiger partial charge in [0.15, 0.2) is 9.84 Å². The van der Waals surface area contributed by atoms with Gasteiger partial charge in [-0.3, -0.25) is 9.59 Å². The minimum atomic E-state index is -3.93. The molecule has 0 fully saturated rings. The topological polar surface area (TPSA) is 106 Å². The van der Waals surface area contributed by atoms with Gasteiger partial charge in [0.25, 0.3) is 0 Å².